The number of benzene rings is 1. The Morgan fingerprint density at radius 2 is 2.14 bits per heavy atom. The Hall–Kier alpha value is -2.98. The number of carbonyl (C=O) groups excluding carboxylic acids is 3. The van der Waals surface area contributed by atoms with E-state index >= 15 is 0 Å². The number of allylic oxidation sites excluding steroid dienone is 1. The number of nitrogens with one attached hydrogen (secondary N) is 1. The molecule has 2 amide bonds. The highest BCUT2D eigenvalue weighted by atomic mass is 32.2. The van der Waals surface area contributed by atoms with Gasteiger partial charge in [-0.2, -0.15) is 0 Å². The van der Waals surface area contributed by atoms with E-state index in [4.69, 9.17) is 10.5 Å². The molecule has 0 spiro atoms. The van der Waals surface area contributed by atoms with Gasteiger partial charge in [0.25, 0.3) is 5.91 Å². The Bertz CT molecular complexity index is 955. The minimum absolute atomic E-state index is 0.146. The Morgan fingerprint density at radius 1 is 1.43 bits per heavy atom. The monoisotopic (exact) mass is 405 g/mol. The predicted octanol–water partition coefficient (Wildman–Crippen LogP) is 1.03. The first-order chi connectivity index (χ1) is 13.2. The van der Waals surface area contributed by atoms with E-state index in [2.05, 4.69) is 5.32 Å². The van der Waals surface area contributed by atoms with Crippen molar-refractivity contribution in [3.63, 3.8) is 0 Å². The normalized spacial score (nSPS) is 22.0. The molecular weight excluding hydrogens is 386 g/mol. The smallest absolute Gasteiger partial charge is 0.308 e. The molecule has 0 aromatic heterocycles. The van der Waals surface area contributed by atoms with Crippen molar-refractivity contribution < 1.29 is 27.9 Å². The fraction of sp³-hybridized carbons (Fsp3) is 0.278. The molecule has 0 bridgehead atoms. The third kappa shape index (κ3) is 3.69. The van der Waals surface area contributed by atoms with Gasteiger partial charge in [0.15, 0.2) is 16.8 Å². The molecule has 2 aliphatic rings. The van der Waals surface area contributed by atoms with Crippen molar-refractivity contribution in [3.8, 4) is 5.75 Å². The van der Waals surface area contributed by atoms with E-state index in [0.717, 1.165) is 6.08 Å². The summed E-state index contributed by atoms with van der Waals surface area (Å²) in [5.74, 6) is -1.48. The quantitative estimate of drug-likeness (QED) is 0.294. The van der Waals surface area contributed by atoms with E-state index in [9.17, 15) is 23.1 Å². The van der Waals surface area contributed by atoms with Crippen LogP contribution in [0, 0.1) is 6.92 Å². The number of amides is 2. The number of anilines is 1. The summed E-state index contributed by atoms with van der Waals surface area (Å²) in [5, 5.41) is 1.88. The van der Waals surface area contributed by atoms with Gasteiger partial charge in [-0.3, -0.25) is 14.4 Å². The maximum Gasteiger partial charge on any atom is 0.308 e. The summed E-state index contributed by atoms with van der Waals surface area (Å²) in [5.41, 5.74) is 6.72. The molecule has 3 atom stereocenters. The van der Waals surface area contributed by atoms with Gasteiger partial charge in [0.1, 0.15) is 5.37 Å². The molecule has 0 aliphatic carbocycles. The number of nitrogens with zero attached hydrogens (tertiary/aromatic N) is 1. The second kappa shape index (κ2) is 7.56. The van der Waals surface area contributed by atoms with Gasteiger partial charge in [-0.15, -0.1) is 0 Å². The van der Waals surface area contributed by atoms with E-state index in [-0.39, 0.29) is 23.4 Å². The third-order valence-corrected chi connectivity index (χ3v) is 5.35. The lowest BCUT2D eigenvalue weighted by Gasteiger charge is -2.26. The van der Waals surface area contributed by atoms with Crippen LogP contribution in [0.4, 0.5) is 5.69 Å². The number of ether oxygens (including phenoxy) is 1. The molecule has 3 unspecified atom stereocenters. The maximum absolute atomic E-state index is 13.1. The van der Waals surface area contributed by atoms with Gasteiger partial charge in [0.2, 0.25) is 5.91 Å². The fourth-order valence-corrected chi connectivity index (χ4v) is 3.99. The van der Waals surface area contributed by atoms with Crippen molar-refractivity contribution >= 4 is 34.6 Å². The summed E-state index contributed by atoms with van der Waals surface area (Å²) < 4.78 is 27.2. The van der Waals surface area contributed by atoms with Crippen molar-refractivity contribution in [3.05, 3.63) is 47.2 Å². The largest absolute Gasteiger partial charge is 0.424 e. The summed E-state index contributed by atoms with van der Waals surface area (Å²) in [6.07, 6.45) is 4.41. The van der Waals surface area contributed by atoms with Gasteiger partial charge in [0.05, 0.1) is 17.3 Å². The van der Waals surface area contributed by atoms with Crippen LogP contribution in [0.3, 0.4) is 0 Å². The summed E-state index contributed by atoms with van der Waals surface area (Å²) >= 11 is -2.35. The van der Waals surface area contributed by atoms with Crippen LogP contribution in [0.5, 0.6) is 5.75 Å². The first kappa shape index (κ1) is 19.8. The van der Waals surface area contributed by atoms with Crippen LogP contribution in [-0.2, 0) is 20.7 Å². The minimum Gasteiger partial charge on any atom is -0.424 e. The van der Waals surface area contributed by atoms with E-state index in [1.165, 1.54) is 24.1 Å². The van der Waals surface area contributed by atoms with Gasteiger partial charge in [0, 0.05) is 19.2 Å². The lowest BCUT2D eigenvalue weighted by molar-refractivity contribution is -0.131. The molecule has 10 heteroatoms. The van der Waals surface area contributed by atoms with Crippen LogP contribution in [0.1, 0.15) is 29.3 Å². The first-order valence-electron chi connectivity index (χ1n) is 8.38. The zero-order valence-corrected chi connectivity index (χ0v) is 16.0. The number of nitrogens with two attached hydrogens (primary N) is 1. The number of rotatable bonds is 4. The van der Waals surface area contributed by atoms with Crippen LogP contribution in [-0.4, -0.2) is 42.9 Å². The van der Waals surface area contributed by atoms with Crippen molar-refractivity contribution in [2.45, 2.75) is 31.7 Å². The van der Waals surface area contributed by atoms with E-state index in [1.54, 1.807) is 19.1 Å². The molecule has 9 nitrogen and oxygen atoms in total. The second-order valence-corrected chi connectivity index (χ2v) is 7.55. The second-order valence-electron chi connectivity index (χ2n) is 6.49. The molecule has 1 aromatic carbocycles. The van der Waals surface area contributed by atoms with Crippen molar-refractivity contribution in [2.75, 3.05) is 5.32 Å². The van der Waals surface area contributed by atoms with Gasteiger partial charge in [-0.05, 0) is 30.5 Å². The lowest BCUT2D eigenvalue weighted by Crippen LogP contribution is -2.44. The molecule has 2 heterocycles. The van der Waals surface area contributed by atoms with Crippen LogP contribution in [0.2, 0.25) is 0 Å². The van der Waals surface area contributed by atoms with Crippen molar-refractivity contribution in [1.29, 1.82) is 0 Å². The minimum atomic E-state index is -2.35. The highest BCUT2D eigenvalue weighted by molar-refractivity contribution is 7.80. The van der Waals surface area contributed by atoms with Crippen LogP contribution in [0.15, 0.2) is 36.1 Å². The van der Waals surface area contributed by atoms with Crippen molar-refractivity contribution in [2.24, 2.45) is 5.73 Å². The predicted molar refractivity (Wildman–Crippen MR) is 102 cm³/mol. The Balaban J connectivity index is 2.11. The zero-order chi connectivity index (χ0) is 20.6. The molecule has 2 aliphatic heterocycles. The molecule has 4 N–H and O–H groups in total. The average molecular weight is 405 g/mol. The summed E-state index contributed by atoms with van der Waals surface area (Å²) in [6.45, 7) is 2.94. The van der Waals surface area contributed by atoms with Gasteiger partial charge >= 0.3 is 5.97 Å². The molecule has 0 fully saturated rings. The summed E-state index contributed by atoms with van der Waals surface area (Å²) in [7, 11) is 0. The highest BCUT2D eigenvalue weighted by Gasteiger charge is 2.42. The third-order valence-electron chi connectivity index (χ3n) is 4.49. The first-order valence-corrected chi connectivity index (χ1v) is 9.55. The number of carbonyl (C=O) groups is 3. The number of fused-ring (bicyclic) bond motifs is 2. The molecule has 148 valence electrons. The number of primary amides is 1. The molecular formula is C18H19N3O6S. The van der Waals surface area contributed by atoms with E-state index in [1.807, 2.05) is 0 Å². The molecule has 3 rings (SSSR count). The topological polar surface area (TPSA) is 139 Å². The Kier molecular flexibility index (Phi) is 5.34. The molecule has 0 radical (unpaired) electrons. The number of aryl methyl sites for hydroxylation is 1. The SMILES string of the molecule is CC(=O)Oc1c(C)ccc2c1NC(S(=O)O)C1CC(/C=C/C(N)=O)=CN1C2=O. The van der Waals surface area contributed by atoms with Gasteiger partial charge in [-0.1, -0.05) is 12.1 Å². The Morgan fingerprint density at radius 3 is 2.75 bits per heavy atom. The molecule has 0 saturated carbocycles. The van der Waals surface area contributed by atoms with Crippen LogP contribution >= 0.6 is 0 Å². The van der Waals surface area contributed by atoms with E-state index in [0.29, 0.717) is 11.1 Å². The summed E-state index contributed by atoms with van der Waals surface area (Å²) in [6, 6.07) is 2.52. The lowest BCUT2D eigenvalue weighted by atomic mass is 10.1. The molecule has 0 saturated heterocycles. The maximum atomic E-state index is 13.1. The average Bonchev–Trinajstić information content (AvgIpc) is 2.98. The van der Waals surface area contributed by atoms with Crippen molar-refractivity contribution in [1.82, 2.24) is 4.90 Å². The van der Waals surface area contributed by atoms with E-state index < -0.39 is 40.3 Å². The number of hydrogen-bond donors (Lipinski definition) is 3. The summed E-state index contributed by atoms with van der Waals surface area (Å²) in [4.78, 5) is 36.9. The number of esters is 1. The zero-order valence-electron chi connectivity index (χ0n) is 15.2. The van der Waals surface area contributed by atoms with Gasteiger partial charge in [-0.25, -0.2) is 4.21 Å². The highest BCUT2D eigenvalue weighted by Crippen LogP contribution is 2.40. The molecule has 28 heavy (non-hydrogen) atoms. The fourth-order valence-electron chi connectivity index (χ4n) is 3.28. The van der Waals surface area contributed by atoms with Gasteiger partial charge < -0.3 is 25.2 Å². The molecule has 1 aromatic rings. The Labute approximate surface area is 163 Å². The standard InChI is InChI=1S/C18H19N3O6S/c1-9-3-5-12-15(16(9)27-10(2)22)20-17(28(25)26)13-7-11(4-6-14(19)23)8-21(13)18(12)24/h3-6,8,13,17,20H,7H2,1-2H3,(H2,19,23)(H,25,26)/b6-4+. The number of hydrogen-bond acceptors (Lipinski definition) is 6. The van der Waals surface area contributed by atoms with Crippen LogP contribution < -0.4 is 15.8 Å². The van der Waals surface area contributed by atoms with Crippen LogP contribution in [0.25, 0.3) is 0 Å².